The molecule has 0 saturated carbocycles. The molecule has 0 aliphatic carbocycles. The average Bonchev–Trinajstić information content (AvgIpc) is 3.05. The minimum Gasteiger partial charge on any atom is -0.374 e. The third-order valence-electron chi connectivity index (χ3n) is 7.89. The summed E-state index contributed by atoms with van der Waals surface area (Å²) in [6.07, 6.45) is 3.83. The van der Waals surface area contributed by atoms with Crippen molar-refractivity contribution >= 4 is 35.2 Å². The summed E-state index contributed by atoms with van der Waals surface area (Å²) in [6, 6.07) is 3.09. The van der Waals surface area contributed by atoms with Crippen LogP contribution < -0.4 is 0 Å². The summed E-state index contributed by atoms with van der Waals surface area (Å²) in [4.78, 5) is 8.68. The molecule has 0 saturated heterocycles. The lowest BCUT2D eigenvalue weighted by atomic mass is 10.5. The summed E-state index contributed by atoms with van der Waals surface area (Å²) in [6.45, 7) is 24.3. The van der Waals surface area contributed by atoms with Crippen LogP contribution in [0.25, 0.3) is 0 Å². The molecule has 0 amide bonds. The van der Waals surface area contributed by atoms with Crippen LogP contribution >= 0.6 is 0 Å². The fourth-order valence-electron chi connectivity index (χ4n) is 5.86. The summed E-state index contributed by atoms with van der Waals surface area (Å²) in [5.41, 5.74) is 0. The standard InChI is InChI=1S/2C18H44N2O5Si2/c2*1-9-21-26(22-10-2,17-13-15-19(5)6)25-27(23-11-3,24-12-4)18-14-16-20(7)8/h2*9-18H2,1-8H3. The van der Waals surface area contributed by atoms with E-state index in [2.05, 4.69) is 76.0 Å². The second kappa shape index (κ2) is 33.2. The van der Waals surface area contributed by atoms with E-state index in [1.54, 1.807) is 0 Å². The fraction of sp³-hybridized carbons (Fsp3) is 1.00. The van der Waals surface area contributed by atoms with Crippen LogP contribution in [-0.4, -0.2) is 190 Å². The molecule has 0 spiro atoms. The fourth-order valence-corrected chi connectivity index (χ4v) is 20.5. The molecule has 0 rings (SSSR count). The number of rotatable bonds is 36. The summed E-state index contributed by atoms with van der Waals surface area (Å²) >= 11 is 0. The zero-order chi connectivity index (χ0) is 41.5. The van der Waals surface area contributed by atoms with E-state index < -0.39 is 35.2 Å². The lowest BCUT2D eigenvalue weighted by Gasteiger charge is -2.38. The highest BCUT2D eigenvalue weighted by molar-refractivity contribution is 6.75. The van der Waals surface area contributed by atoms with Gasteiger partial charge in [0.1, 0.15) is 0 Å². The van der Waals surface area contributed by atoms with Gasteiger partial charge in [-0.1, -0.05) is 0 Å². The van der Waals surface area contributed by atoms with Gasteiger partial charge in [-0.2, -0.15) is 0 Å². The molecule has 18 heteroatoms. The average molecular weight is 849 g/mol. The van der Waals surface area contributed by atoms with Gasteiger partial charge in [0.15, 0.2) is 0 Å². The van der Waals surface area contributed by atoms with E-state index in [0.717, 1.165) is 76.0 Å². The second-order valence-electron chi connectivity index (χ2n) is 14.0. The smallest absolute Gasteiger partial charge is 0.374 e. The van der Waals surface area contributed by atoms with Crippen molar-refractivity contribution in [2.75, 3.05) is 135 Å². The van der Waals surface area contributed by atoms with Gasteiger partial charge in [-0.15, -0.1) is 0 Å². The Bertz CT molecular complexity index is 703. The molecule has 0 aromatic carbocycles. The topological polar surface area (TPSA) is 105 Å². The van der Waals surface area contributed by atoms with E-state index in [0.29, 0.717) is 52.9 Å². The van der Waals surface area contributed by atoms with E-state index in [1.165, 1.54) is 0 Å². The van der Waals surface area contributed by atoms with E-state index >= 15 is 0 Å². The maximum absolute atomic E-state index is 6.70. The number of hydrogen-bond acceptors (Lipinski definition) is 14. The van der Waals surface area contributed by atoms with E-state index in [1.807, 2.05) is 55.4 Å². The SMILES string of the molecule is CCO[Si](CCCN(C)C)(OCC)O[Si](CCCN(C)C)(OCC)OCC.CCO[Si](CCCN(C)C)(OCC)O[Si](CCCN(C)C)(OCC)OCC. The van der Waals surface area contributed by atoms with E-state index in [4.69, 9.17) is 43.6 Å². The Morgan fingerprint density at radius 2 is 0.426 bits per heavy atom. The van der Waals surface area contributed by atoms with Gasteiger partial charge in [0.2, 0.25) is 0 Å². The first-order valence-electron chi connectivity index (χ1n) is 20.7. The molecule has 0 aromatic rings. The minimum atomic E-state index is -2.88. The maximum atomic E-state index is 6.70. The van der Waals surface area contributed by atoms with Crippen LogP contribution in [0, 0.1) is 0 Å². The third kappa shape index (κ3) is 26.3. The monoisotopic (exact) mass is 849 g/mol. The van der Waals surface area contributed by atoms with Crippen molar-refractivity contribution in [3.8, 4) is 0 Å². The van der Waals surface area contributed by atoms with Crippen molar-refractivity contribution in [1.29, 1.82) is 0 Å². The molecule has 0 aliphatic heterocycles. The molecule has 54 heavy (non-hydrogen) atoms. The normalized spacial score (nSPS) is 13.1. The first-order chi connectivity index (χ1) is 25.6. The Labute approximate surface area is 338 Å². The summed E-state index contributed by atoms with van der Waals surface area (Å²) in [5.74, 6) is 0. The largest absolute Gasteiger partial charge is 0.493 e. The molecule has 328 valence electrons. The van der Waals surface area contributed by atoms with Gasteiger partial charge in [0.05, 0.1) is 0 Å². The van der Waals surface area contributed by atoms with Crippen molar-refractivity contribution in [3.05, 3.63) is 0 Å². The predicted octanol–water partition coefficient (Wildman–Crippen LogP) is 5.86. The molecule has 0 heterocycles. The minimum absolute atomic E-state index is 0.564. The maximum Gasteiger partial charge on any atom is 0.493 e. The quantitative estimate of drug-likeness (QED) is 0.0704. The van der Waals surface area contributed by atoms with Crippen molar-refractivity contribution in [1.82, 2.24) is 19.6 Å². The first-order valence-corrected chi connectivity index (χ1v) is 28.4. The van der Waals surface area contributed by atoms with Crippen molar-refractivity contribution in [2.45, 2.75) is 105 Å². The summed E-state index contributed by atoms with van der Waals surface area (Å²) in [5, 5.41) is 0. The highest BCUT2D eigenvalue weighted by Gasteiger charge is 2.54. The van der Waals surface area contributed by atoms with Gasteiger partial charge in [-0.3, -0.25) is 0 Å². The van der Waals surface area contributed by atoms with Gasteiger partial charge < -0.3 is 63.2 Å². The van der Waals surface area contributed by atoms with Gasteiger partial charge in [0, 0.05) is 77.0 Å². The number of hydrogen-bond donors (Lipinski definition) is 0. The van der Waals surface area contributed by atoms with Gasteiger partial charge in [-0.05, 0) is 164 Å². The van der Waals surface area contributed by atoms with E-state index in [-0.39, 0.29) is 0 Å². The predicted molar refractivity (Wildman–Crippen MR) is 230 cm³/mol. The molecule has 0 aliphatic rings. The summed E-state index contributed by atoms with van der Waals surface area (Å²) in [7, 11) is 5.09. The van der Waals surface area contributed by atoms with Crippen LogP contribution in [0.5, 0.6) is 0 Å². The van der Waals surface area contributed by atoms with Gasteiger partial charge in [0.25, 0.3) is 0 Å². The highest BCUT2D eigenvalue weighted by Crippen LogP contribution is 2.30. The molecule has 0 unspecified atom stereocenters. The van der Waals surface area contributed by atoms with Crippen LogP contribution in [0.2, 0.25) is 24.2 Å². The van der Waals surface area contributed by atoms with Crippen molar-refractivity contribution in [2.24, 2.45) is 0 Å². The number of nitrogens with zero attached hydrogens (tertiary/aromatic N) is 4. The Hall–Kier alpha value is 0.308. The van der Waals surface area contributed by atoms with Gasteiger partial charge >= 0.3 is 35.2 Å². The molecule has 0 N–H and O–H groups in total. The van der Waals surface area contributed by atoms with Crippen LogP contribution in [0.4, 0.5) is 0 Å². The van der Waals surface area contributed by atoms with Crippen LogP contribution in [0.3, 0.4) is 0 Å². The lowest BCUT2D eigenvalue weighted by molar-refractivity contribution is 0.0468. The van der Waals surface area contributed by atoms with E-state index in [9.17, 15) is 0 Å². The zero-order valence-corrected chi connectivity index (χ0v) is 42.0. The molecule has 0 aromatic heterocycles. The van der Waals surface area contributed by atoms with Crippen LogP contribution in [0.1, 0.15) is 81.1 Å². The summed E-state index contributed by atoms with van der Waals surface area (Å²) < 4.78 is 62.7. The van der Waals surface area contributed by atoms with Crippen LogP contribution in [0.15, 0.2) is 0 Å². The second-order valence-corrected chi connectivity index (χ2v) is 25.4. The van der Waals surface area contributed by atoms with Crippen molar-refractivity contribution < 1.29 is 43.6 Å². The highest BCUT2D eigenvalue weighted by atomic mass is 28.5. The van der Waals surface area contributed by atoms with Crippen LogP contribution in [-0.2, 0) is 43.6 Å². The Morgan fingerprint density at radius 1 is 0.278 bits per heavy atom. The molecule has 0 radical (unpaired) electrons. The molecule has 14 nitrogen and oxygen atoms in total. The lowest BCUT2D eigenvalue weighted by Crippen LogP contribution is -2.59. The molecule has 0 bridgehead atoms. The molecule has 0 atom stereocenters. The Balaban J connectivity index is 0. The third-order valence-corrected chi connectivity index (χ3v) is 22.6. The Kier molecular flexibility index (Phi) is 34.7. The first kappa shape index (κ1) is 56.4. The molecule has 0 fully saturated rings. The molecular weight excluding hydrogens is 761 g/mol. The molecular formula is C36H88N4O10Si4. The zero-order valence-electron chi connectivity index (χ0n) is 38.0. The van der Waals surface area contributed by atoms with Crippen molar-refractivity contribution in [3.63, 3.8) is 0 Å². The van der Waals surface area contributed by atoms with Gasteiger partial charge in [-0.25, -0.2) is 0 Å². The Morgan fingerprint density at radius 3 is 0.537 bits per heavy atom.